The number of aliphatic imine (C=N–C) groups is 2. The number of allylic oxidation sites excluding steroid dienone is 2. The summed E-state index contributed by atoms with van der Waals surface area (Å²) < 4.78 is 115. The molecule has 5 atom stereocenters. The Morgan fingerprint density at radius 1 is 0.407 bits per heavy atom. The van der Waals surface area contributed by atoms with Crippen molar-refractivity contribution in [2.24, 2.45) is 45.9 Å². The molecule has 7 aliphatic heterocycles. The molecule has 0 spiro atoms. The highest BCUT2D eigenvalue weighted by atomic mass is 32.2. The van der Waals surface area contributed by atoms with Gasteiger partial charge in [0.05, 0.1) is 113 Å². The molecule has 5 fully saturated rings. The summed E-state index contributed by atoms with van der Waals surface area (Å²) in [5, 5.41) is 4.42. The van der Waals surface area contributed by atoms with E-state index in [1.165, 1.54) is 0 Å². The molecule has 0 saturated carbocycles. The highest BCUT2D eigenvalue weighted by Gasteiger charge is 2.28. The Hall–Kier alpha value is -9.11. The molecule has 0 unspecified atom stereocenters. The topological polar surface area (TPSA) is 326 Å². The molecule has 0 aromatic carbocycles. The maximum absolute atomic E-state index is 12.1. The van der Waals surface area contributed by atoms with Crippen molar-refractivity contribution < 1.29 is 44.7 Å². The molecule has 7 aliphatic rings. The van der Waals surface area contributed by atoms with Gasteiger partial charge in [0.15, 0.2) is 29.1 Å². The number of aromatic nitrogens is 9. The van der Waals surface area contributed by atoms with Crippen LogP contribution in [0.3, 0.4) is 0 Å². The minimum absolute atomic E-state index is 0.262. The van der Waals surface area contributed by atoms with Crippen molar-refractivity contribution in [3.63, 3.8) is 0 Å². The zero-order valence-electron chi connectivity index (χ0n) is 71.1. The predicted molar refractivity (Wildman–Crippen MR) is 482 cm³/mol. The van der Waals surface area contributed by atoms with Gasteiger partial charge in [-0.2, -0.15) is 26.9 Å². The van der Waals surface area contributed by atoms with E-state index in [-0.39, 0.29) is 30.2 Å². The normalized spacial score (nSPS) is 19.7. The average Bonchev–Trinajstić information content (AvgIpc) is 1.50. The quantitative estimate of drug-likeness (QED) is 0.0920. The molecule has 0 aliphatic carbocycles. The summed E-state index contributed by atoms with van der Waals surface area (Å²) in [5.74, 6) is 3.28. The standard InChI is InChI=1S/2C17H24N4O2S.C16H23N5O2S.2C16H22N4O2S/c1-13-12-23-9-8-21(13)14-10-15(16-6-5-7-20(16)2)18-17(11-14)19-24(3,4)22;1-13-6-5-7-21(13)17-11-15(20-8-9-23-12-14(20)2)10-16(18-17)19-24(3,4)22;1-12-11-23-8-7-21(12)13-9-15(14-5-6-20(2)18-14)17-16(10-13)19-24(3,4)22;1-12-11-22-7-6-20(12)14-8-15(13-4-5-17-10-13)18-16(9-14)19-23(2,3)21;1-12-11-22-8-7-20(12)13-9-15(14-5-4-6-17-14)18-16(10-13)19-23(2,3)21/h5-7,10-11,13H,8-9,12H2,1-4H3;5-7,10-11,14H,8-9,12H2,1-4H3;5-6,9-10,12H,7-8,11H2,1-4H3;4,8-10,12H,5-7,11H2,1-3H3;4-5,9-10,12H,6-8,11H2,1-3H3/t13-;14-;3*12-/m11111/s1. The number of morpholine rings is 5. The van der Waals surface area contributed by atoms with Gasteiger partial charge in [-0.25, -0.2) is 46.0 Å². The third-order valence-corrected chi connectivity index (χ3v) is 22.4. The Morgan fingerprint density at radius 3 is 1.13 bits per heavy atom. The van der Waals surface area contributed by atoms with Crippen molar-refractivity contribution in [1.82, 2.24) is 43.8 Å². The maximum Gasteiger partial charge on any atom is 0.165 e. The monoisotopic (exact) mass is 1710 g/mol. The van der Waals surface area contributed by atoms with Crippen molar-refractivity contribution in [3.8, 4) is 28.6 Å². The van der Waals surface area contributed by atoms with Crippen LogP contribution in [0.2, 0.25) is 0 Å². The fourth-order valence-corrected chi connectivity index (χ4v) is 16.7. The molecule has 118 heavy (non-hydrogen) atoms. The predicted octanol–water partition coefficient (Wildman–Crippen LogP) is 11.7. The number of aryl methyl sites for hydroxylation is 3. The van der Waals surface area contributed by atoms with Gasteiger partial charge in [0.2, 0.25) is 0 Å². The molecule has 31 nitrogen and oxygen atoms in total. The van der Waals surface area contributed by atoms with Crippen LogP contribution in [-0.2, 0) is 86.4 Å². The van der Waals surface area contributed by atoms with Gasteiger partial charge in [0.25, 0.3) is 0 Å². The minimum Gasteiger partial charge on any atom is -0.377 e. The Labute approximate surface area is 697 Å². The van der Waals surface area contributed by atoms with E-state index in [0.29, 0.717) is 108 Å². The number of nitrogens with zero attached hydrogens (tertiary/aromatic N) is 21. The number of hydrogen-bond donors (Lipinski definition) is 0. The summed E-state index contributed by atoms with van der Waals surface area (Å²) in [6.45, 7) is 25.2. The lowest BCUT2D eigenvalue weighted by Crippen LogP contribution is -2.43. The van der Waals surface area contributed by atoms with Gasteiger partial charge in [-0.3, -0.25) is 14.7 Å². The molecule has 0 bridgehead atoms. The first-order valence-corrected chi connectivity index (χ1v) is 50.8. The molecule has 638 valence electrons. The molecule has 5 saturated heterocycles. The Morgan fingerprint density at radius 2 is 0.780 bits per heavy atom. The van der Waals surface area contributed by atoms with E-state index in [1.807, 2.05) is 146 Å². The maximum atomic E-state index is 12.1. The summed E-state index contributed by atoms with van der Waals surface area (Å²) in [7, 11) is -7.51. The number of ether oxygens (including phenoxy) is 5. The summed E-state index contributed by atoms with van der Waals surface area (Å²) in [6, 6.07) is 31.1. The van der Waals surface area contributed by atoms with Crippen LogP contribution in [0.4, 0.5) is 57.5 Å². The lowest BCUT2D eigenvalue weighted by atomic mass is 10.1. The number of hydrogen-bond acceptors (Lipinski definition) is 28. The summed E-state index contributed by atoms with van der Waals surface area (Å²) in [5.41, 5.74) is 13.0. The second-order valence-corrected chi connectivity index (χ2v) is 44.2. The van der Waals surface area contributed by atoms with E-state index >= 15 is 0 Å². The van der Waals surface area contributed by atoms with Gasteiger partial charge in [-0.15, -0.1) is 0 Å². The van der Waals surface area contributed by atoms with Crippen LogP contribution in [0.5, 0.6) is 0 Å². The Bertz CT molecular complexity index is 5360. The molecule has 8 aromatic rings. The molecular formula is C82H115N21O10S5. The van der Waals surface area contributed by atoms with Crippen LogP contribution in [0.1, 0.15) is 51.7 Å². The van der Waals surface area contributed by atoms with Crippen LogP contribution in [0.15, 0.2) is 160 Å². The summed E-state index contributed by atoms with van der Waals surface area (Å²) in [6.07, 6.45) is 29.9. The van der Waals surface area contributed by atoms with E-state index in [0.717, 1.165) is 118 Å². The van der Waals surface area contributed by atoms with Crippen LogP contribution in [-0.4, -0.2) is 281 Å². The number of pyridine rings is 5. The molecule has 36 heteroatoms. The number of anilines is 5. The van der Waals surface area contributed by atoms with Crippen LogP contribution < -0.4 is 24.5 Å². The average molecular weight is 1720 g/mol. The van der Waals surface area contributed by atoms with Crippen molar-refractivity contribution >= 4 is 124 Å². The first-order valence-electron chi connectivity index (χ1n) is 39.2. The highest BCUT2D eigenvalue weighted by Crippen LogP contribution is 2.35. The van der Waals surface area contributed by atoms with Crippen molar-refractivity contribution in [2.75, 3.05) is 199 Å². The van der Waals surface area contributed by atoms with Crippen molar-refractivity contribution in [3.05, 3.63) is 145 Å². The summed E-state index contributed by atoms with van der Waals surface area (Å²) in [4.78, 5) is 42.9. The second kappa shape index (κ2) is 39.4. The molecule has 8 aromatic heterocycles. The Balaban J connectivity index is 0.000000145. The smallest absolute Gasteiger partial charge is 0.165 e. The van der Waals surface area contributed by atoms with Gasteiger partial charge in [-0.1, -0.05) is 12.2 Å². The zero-order valence-corrected chi connectivity index (χ0v) is 75.2. The van der Waals surface area contributed by atoms with Crippen molar-refractivity contribution in [2.45, 2.75) is 71.8 Å². The van der Waals surface area contributed by atoms with Gasteiger partial charge < -0.3 is 57.3 Å². The van der Waals surface area contributed by atoms with Crippen molar-refractivity contribution in [1.29, 1.82) is 0 Å². The van der Waals surface area contributed by atoms with E-state index in [1.54, 1.807) is 67.2 Å². The summed E-state index contributed by atoms with van der Waals surface area (Å²) >= 11 is 0. The first kappa shape index (κ1) is 89.7. The number of rotatable bonds is 15. The second-order valence-electron chi connectivity index (χ2n) is 31.4. The van der Waals surface area contributed by atoms with E-state index in [4.69, 9.17) is 23.7 Å². The zero-order chi connectivity index (χ0) is 84.9. The molecule has 0 N–H and O–H groups in total. The van der Waals surface area contributed by atoms with Crippen LogP contribution in [0, 0.1) is 6.92 Å². The third kappa shape index (κ3) is 26.2. The van der Waals surface area contributed by atoms with Crippen LogP contribution >= 0.6 is 0 Å². The largest absolute Gasteiger partial charge is 0.377 e. The van der Waals surface area contributed by atoms with E-state index in [9.17, 15) is 21.0 Å². The molecule has 15 heterocycles. The van der Waals surface area contributed by atoms with Gasteiger partial charge in [0.1, 0.15) is 11.5 Å². The van der Waals surface area contributed by atoms with Gasteiger partial charge >= 0.3 is 0 Å². The molecule has 0 radical (unpaired) electrons. The molecular weight excluding hydrogens is 1600 g/mol. The lowest BCUT2D eigenvalue weighted by Gasteiger charge is -2.35. The molecule has 15 rings (SSSR count). The fourth-order valence-electron chi connectivity index (χ4n) is 14.0. The lowest BCUT2D eigenvalue weighted by molar-refractivity contribution is 0.0989. The minimum atomic E-state index is -2.29. The SMILES string of the molecule is C[C@@H]1COCCN1c1cc(N=S(C)(C)=O)nc(-c2cccn2C)c1.C[C@@H]1COCCN1c1cc(N=S(C)(C)=O)nc(-c2ccn(C)n2)c1.C[C@@H]1COCCN1c1cc(N=S(C)(C)=O)nc(C2=CCN=C2)c1.C[C@@H]1COCCN1c1cc(N=S(C)(C)=O)nc(C2=NCC=C2)c1.Cc1cccn1-c1cc(N2CCOC[C@H]2C)cc(N=S(C)(C)=O)n1. The first-order chi connectivity index (χ1) is 55.8. The van der Waals surface area contributed by atoms with Gasteiger partial charge in [-0.05, 0) is 102 Å². The van der Waals surface area contributed by atoms with Crippen LogP contribution in [0.25, 0.3) is 34.2 Å². The van der Waals surface area contributed by atoms with Gasteiger partial charge in [0, 0.05) is 289 Å². The molecule has 0 amide bonds. The highest BCUT2D eigenvalue weighted by molar-refractivity contribution is 7.93. The Kier molecular flexibility index (Phi) is 29.9. The van der Waals surface area contributed by atoms with E-state index < -0.39 is 48.6 Å². The fraction of sp³-hybridized carbons (Fsp3) is 0.488. The van der Waals surface area contributed by atoms with E-state index in [2.05, 4.69) is 139 Å². The third-order valence-electron chi connectivity index (χ3n) is 19.3.